The molecule has 23 heavy (non-hydrogen) atoms. The molecule has 0 unspecified atom stereocenters. The van der Waals surface area contributed by atoms with Crippen molar-refractivity contribution in [1.82, 2.24) is 9.84 Å². The number of rotatable bonds is 3. The van der Waals surface area contributed by atoms with Gasteiger partial charge in [-0.3, -0.25) is 4.79 Å². The maximum atomic E-state index is 12.5. The number of carbonyl (C=O) groups excluding carboxylic acids is 1. The Balaban J connectivity index is 1.90. The standard InChI is InChI=1S/C16H17N3O3S/c1-11-7-9-13(10-8-11)23(21,22)18-19-12(2)17-15-6-4-3-5-14(15)16(19)20/h3-10,12,17-18H,1-2H3/t12-/m1/s1. The first-order chi connectivity index (χ1) is 10.9. The normalized spacial score (nSPS) is 17.6. The maximum Gasteiger partial charge on any atom is 0.272 e. The van der Waals surface area contributed by atoms with Gasteiger partial charge in [0.25, 0.3) is 15.9 Å². The van der Waals surface area contributed by atoms with Gasteiger partial charge in [0.1, 0.15) is 6.17 Å². The molecule has 0 saturated carbocycles. The molecule has 0 saturated heterocycles. The third-order valence-corrected chi connectivity index (χ3v) is 5.01. The van der Waals surface area contributed by atoms with Gasteiger partial charge in [-0.2, -0.15) is 0 Å². The minimum absolute atomic E-state index is 0.113. The van der Waals surface area contributed by atoms with Gasteiger partial charge in [0.05, 0.1) is 10.5 Å². The number of anilines is 1. The van der Waals surface area contributed by atoms with Crippen LogP contribution in [0.2, 0.25) is 0 Å². The fraction of sp³-hybridized carbons (Fsp3) is 0.188. The molecular formula is C16H17N3O3S. The second-order valence-corrected chi connectivity index (χ2v) is 7.11. The van der Waals surface area contributed by atoms with Gasteiger partial charge in [0, 0.05) is 5.69 Å². The summed E-state index contributed by atoms with van der Waals surface area (Å²) in [5.74, 6) is -0.387. The number of sulfonamides is 1. The van der Waals surface area contributed by atoms with Crippen LogP contribution >= 0.6 is 0 Å². The van der Waals surface area contributed by atoms with E-state index in [1.54, 1.807) is 37.3 Å². The molecule has 120 valence electrons. The van der Waals surface area contributed by atoms with Gasteiger partial charge in [-0.1, -0.05) is 29.8 Å². The lowest BCUT2D eigenvalue weighted by molar-refractivity contribution is 0.0651. The van der Waals surface area contributed by atoms with E-state index < -0.39 is 16.2 Å². The zero-order valence-electron chi connectivity index (χ0n) is 12.8. The Labute approximate surface area is 135 Å². The van der Waals surface area contributed by atoms with Crippen molar-refractivity contribution >= 4 is 21.6 Å². The molecule has 0 bridgehead atoms. The van der Waals surface area contributed by atoms with Crippen LogP contribution < -0.4 is 10.1 Å². The van der Waals surface area contributed by atoms with E-state index in [1.807, 2.05) is 13.0 Å². The molecule has 7 heteroatoms. The number of aryl methyl sites for hydroxylation is 1. The number of carbonyl (C=O) groups is 1. The fourth-order valence-electron chi connectivity index (χ4n) is 2.41. The predicted molar refractivity (Wildman–Crippen MR) is 87.2 cm³/mol. The molecular weight excluding hydrogens is 314 g/mol. The summed E-state index contributed by atoms with van der Waals surface area (Å²) in [5, 5.41) is 4.20. The molecule has 2 N–H and O–H groups in total. The van der Waals surface area contributed by atoms with Crippen LogP contribution in [-0.2, 0) is 10.0 Å². The van der Waals surface area contributed by atoms with Crippen molar-refractivity contribution in [3.05, 3.63) is 59.7 Å². The molecule has 3 rings (SSSR count). The molecule has 0 fully saturated rings. The van der Waals surface area contributed by atoms with Crippen molar-refractivity contribution in [1.29, 1.82) is 0 Å². The third-order valence-electron chi connectivity index (χ3n) is 3.68. The molecule has 1 atom stereocenters. The van der Waals surface area contributed by atoms with Crippen molar-refractivity contribution in [3.63, 3.8) is 0 Å². The number of nitrogens with zero attached hydrogens (tertiary/aromatic N) is 1. The van der Waals surface area contributed by atoms with Crippen molar-refractivity contribution in [2.75, 3.05) is 5.32 Å². The Morgan fingerprint density at radius 1 is 1.09 bits per heavy atom. The van der Waals surface area contributed by atoms with Gasteiger partial charge in [0.2, 0.25) is 0 Å². The quantitative estimate of drug-likeness (QED) is 0.903. The van der Waals surface area contributed by atoms with E-state index in [4.69, 9.17) is 0 Å². The molecule has 1 heterocycles. The Morgan fingerprint density at radius 2 is 1.74 bits per heavy atom. The van der Waals surface area contributed by atoms with Crippen LogP contribution in [0.4, 0.5) is 5.69 Å². The van der Waals surface area contributed by atoms with Crippen LogP contribution in [0.3, 0.4) is 0 Å². The predicted octanol–water partition coefficient (Wildman–Crippen LogP) is 2.10. The molecule has 0 aromatic heterocycles. The van der Waals surface area contributed by atoms with Crippen LogP contribution in [0.1, 0.15) is 22.8 Å². The average molecular weight is 331 g/mol. The summed E-state index contributed by atoms with van der Waals surface area (Å²) >= 11 is 0. The first-order valence-electron chi connectivity index (χ1n) is 7.17. The number of hydrogen-bond acceptors (Lipinski definition) is 4. The molecule has 2 aromatic carbocycles. The molecule has 1 amide bonds. The summed E-state index contributed by atoms with van der Waals surface area (Å²) in [6.07, 6.45) is -0.502. The Morgan fingerprint density at radius 3 is 2.43 bits per heavy atom. The number of nitrogens with one attached hydrogen (secondary N) is 2. The second-order valence-electron chi connectivity index (χ2n) is 5.45. The minimum Gasteiger partial charge on any atom is -0.364 e. The molecule has 1 aliphatic rings. The molecule has 6 nitrogen and oxygen atoms in total. The number of fused-ring (bicyclic) bond motifs is 1. The fourth-order valence-corrected chi connectivity index (χ4v) is 3.51. The highest BCUT2D eigenvalue weighted by molar-refractivity contribution is 7.89. The Bertz CT molecular complexity index is 847. The summed E-state index contributed by atoms with van der Waals surface area (Å²) in [5.41, 5.74) is 2.08. The van der Waals surface area contributed by atoms with E-state index >= 15 is 0 Å². The zero-order valence-corrected chi connectivity index (χ0v) is 13.6. The smallest absolute Gasteiger partial charge is 0.272 e. The summed E-state index contributed by atoms with van der Waals surface area (Å²) in [6, 6.07) is 13.4. The summed E-state index contributed by atoms with van der Waals surface area (Å²) < 4.78 is 25.0. The lowest BCUT2D eigenvalue weighted by atomic mass is 10.1. The maximum absolute atomic E-state index is 12.5. The molecule has 2 aromatic rings. The second kappa shape index (κ2) is 5.68. The summed E-state index contributed by atoms with van der Waals surface area (Å²) in [6.45, 7) is 3.59. The molecule has 0 spiro atoms. The summed E-state index contributed by atoms with van der Waals surface area (Å²) in [4.78, 5) is 15.0. The first-order valence-corrected chi connectivity index (χ1v) is 8.65. The SMILES string of the molecule is Cc1ccc(S(=O)(=O)NN2C(=O)c3ccccc3N[C@H]2C)cc1. The van der Waals surface area contributed by atoms with E-state index in [0.717, 1.165) is 10.6 Å². The van der Waals surface area contributed by atoms with Crippen LogP contribution in [0.15, 0.2) is 53.4 Å². The van der Waals surface area contributed by atoms with E-state index in [1.165, 1.54) is 12.1 Å². The van der Waals surface area contributed by atoms with Crippen molar-refractivity contribution in [2.45, 2.75) is 24.9 Å². The summed E-state index contributed by atoms with van der Waals surface area (Å²) in [7, 11) is -3.83. The molecule has 0 radical (unpaired) electrons. The van der Waals surface area contributed by atoms with Crippen molar-refractivity contribution in [2.24, 2.45) is 0 Å². The van der Waals surface area contributed by atoms with E-state index in [2.05, 4.69) is 10.1 Å². The van der Waals surface area contributed by atoms with Gasteiger partial charge >= 0.3 is 0 Å². The van der Waals surface area contributed by atoms with Gasteiger partial charge < -0.3 is 5.32 Å². The van der Waals surface area contributed by atoms with Crippen molar-refractivity contribution < 1.29 is 13.2 Å². The van der Waals surface area contributed by atoms with Gasteiger partial charge in [-0.05, 0) is 38.1 Å². The highest BCUT2D eigenvalue weighted by Gasteiger charge is 2.32. The largest absolute Gasteiger partial charge is 0.364 e. The third kappa shape index (κ3) is 2.93. The van der Waals surface area contributed by atoms with E-state index in [0.29, 0.717) is 11.3 Å². The number of hydrogen-bond donors (Lipinski definition) is 2. The van der Waals surface area contributed by atoms with Gasteiger partial charge in [-0.15, -0.1) is 4.83 Å². The van der Waals surface area contributed by atoms with Gasteiger partial charge in [-0.25, -0.2) is 13.4 Å². The number of benzene rings is 2. The lowest BCUT2D eigenvalue weighted by Crippen LogP contribution is -2.55. The molecule has 1 aliphatic heterocycles. The van der Waals surface area contributed by atoms with Crippen LogP contribution in [0, 0.1) is 6.92 Å². The first kappa shape index (κ1) is 15.5. The number of amides is 1. The topological polar surface area (TPSA) is 78.5 Å². The van der Waals surface area contributed by atoms with Crippen molar-refractivity contribution in [3.8, 4) is 0 Å². The van der Waals surface area contributed by atoms with E-state index in [9.17, 15) is 13.2 Å². The van der Waals surface area contributed by atoms with Crippen LogP contribution in [0.5, 0.6) is 0 Å². The Hall–Kier alpha value is -2.38. The van der Waals surface area contributed by atoms with Crippen LogP contribution in [-0.4, -0.2) is 25.5 Å². The number of hydrazine groups is 1. The van der Waals surface area contributed by atoms with E-state index in [-0.39, 0.29) is 10.8 Å². The average Bonchev–Trinajstić information content (AvgIpc) is 2.52. The molecule has 0 aliphatic carbocycles. The van der Waals surface area contributed by atoms with Crippen LogP contribution in [0.25, 0.3) is 0 Å². The Kier molecular flexibility index (Phi) is 3.83. The number of para-hydroxylation sites is 1. The zero-order chi connectivity index (χ0) is 16.6. The van der Waals surface area contributed by atoms with Gasteiger partial charge in [0.15, 0.2) is 0 Å². The monoisotopic (exact) mass is 331 g/mol. The minimum atomic E-state index is -3.83. The lowest BCUT2D eigenvalue weighted by Gasteiger charge is -2.35. The highest BCUT2D eigenvalue weighted by Crippen LogP contribution is 2.24. The highest BCUT2D eigenvalue weighted by atomic mass is 32.2.